The van der Waals surface area contributed by atoms with Gasteiger partial charge in [0.15, 0.2) is 0 Å². The average molecular weight is 347 g/mol. The second-order valence-corrected chi connectivity index (χ2v) is 6.29. The minimum Gasteiger partial charge on any atom is -0.334 e. The van der Waals surface area contributed by atoms with E-state index >= 15 is 0 Å². The fraction of sp³-hybridized carbons (Fsp3) is 0.143. The minimum absolute atomic E-state index is 0.0224. The van der Waals surface area contributed by atoms with Gasteiger partial charge in [-0.3, -0.25) is 9.89 Å². The van der Waals surface area contributed by atoms with Crippen LogP contribution in [0.5, 0.6) is 0 Å². The normalized spacial score (nSPS) is 13.8. The zero-order valence-corrected chi connectivity index (χ0v) is 14.2. The summed E-state index contributed by atoms with van der Waals surface area (Å²) in [5.41, 5.74) is 4.67. The zero-order valence-electron chi connectivity index (χ0n) is 14.2. The first-order valence-corrected chi connectivity index (χ1v) is 8.55. The van der Waals surface area contributed by atoms with Crippen LogP contribution in [0.25, 0.3) is 17.3 Å². The maximum atomic E-state index is 13.2. The Balaban J connectivity index is 1.54. The van der Waals surface area contributed by atoms with Gasteiger partial charge in [-0.05, 0) is 35.9 Å². The van der Waals surface area contributed by atoms with Crippen LogP contribution in [0.1, 0.15) is 16.8 Å². The lowest BCUT2D eigenvalue weighted by molar-refractivity contribution is -0.126. The maximum Gasteiger partial charge on any atom is 0.246 e. The Morgan fingerprint density at radius 2 is 1.88 bits per heavy atom. The number of aromatic nitrogens is 2. The monoisotopic (exact) mass is 347 g/mol. The fourth-order valence-electron chi connectivity index (χ4n) is 3.17. The van der Waals surface area contributed by atoms with Gasteiger partial charge in [0.05, 0.1) is 5.69 Å². The third kappa shape index (κ3) is 3.28. The standard InChI is InChI=1S/C21H18FN3O/c22-17-9-7-16(8-10-17)21-18-14-25(13-12-19(18)23-24-21)20(26)11-6-15-4-2-1-3-5-15/h1-11H,12-14H2,(H,23,24). The van der Waals surface area contributed by atoms with Gasteiger partial charge in [0.1, 0.15) is 5.82 Å². The molecule has 0 bridgehead atoms. The summed E-state index contributed by atoms with van der Waals surface area (Å²) in [5, 5.41) is 7.44. The van der Waals surface area contributed by atoms with E-state index in [0.29, 0.717) is 13.1 Å². The van der Waals surface area contributed by atoms with Crippen molar-refractivity contribution in [3.8, 4) is 11.3 Å². The van der Waals surface area contributed by atoms with Crippen molar-refractivity contribution >= 4 is 12.0 Å². The summed E-state index contributed by atoms with van der Waals surface area (Å²) in [5.74, 6) is -0.299. The molecule has 1 aliphatic heterocycles. The molecule has 0 fully saturated rings. The Kier molecular flexibility index (Phi) is 4.35. The fourth-order valence-corrected chi connectivity index (χ4v) is 3.17. The van der Waals surface area contributed by atoms with Crippen LogP contribution in [0.2, 0.25) is 0 Å². The highest BCUT2D eigenvalue weighted by molar-refractivity contribution is 5.92. The number of carbonyl (C=O) groups excluding carboxylic acids is 1. The summed E-state index contributed by atoms with van der Waals surface area (Å²) in [4.78, 5) is 14.4. The van der Waals surface area contributed by atoms with E-state index in [1.807, 2.05) is 41.3 Å². The molecule has 0 saturated heterocycles. The number of nitrogens with zero attached hydrogens (tertiary/aromatic N) is 2. The van der Waals surface area contributed by atoms with Crippen molar-refractivity contribution in [2.45, 2.75) is 13.0 Å². The van der Waals surface area contributed by atoms with E-state index in [1.54, 1.807) is 18.2 Å². The molecular weight excluding hydrogens is 329 g/mol. The Morgan fingerprint density at radius 1 is 1.12 bits per heavy atom. The smallest absolute Gasteiger partial charge is 0.246 e. The predicted octanol–water partition coefficient (Wildman–Crippen LogP) is 3.81. The van der Waals surface area contributed by atoms with Gasteiger partial charge in [-0.25, -0.2) is 4.39 Å². The largest absolute Gasteiger partial charge is 0.334 e. The second kappa shape index (κ2) is 6.96. The molecule has 4 nitrogen and oxygen atoms in total. The number of fused-ring (bicyclic) bond motifs is 1. The molecule has 1 amide bonds. The average Bonchev–Trinajstić information content (AvgIpc) is 3.11. The third-order valence-electron chi connectivity index (χ3n) is 4.58. The number of hydrogen-bond acceptors (Lipinski definition) is 2. The predicted molar refractivity (Wildman–Crippen MR) is 98.6 cm³/mol. The van der Waals surface area contributed by atoms with Crippen LogP contribution in [-0.4, -0.2) is 27.5 Å². The van der Waals surface area contributed by atoms with Crippen molar-refractivity contribution in [2.75, 3.05) is 6.54 Å². The Hall–Kier alpha value is -3.21. The van der Waals surface area contributed by atoms with Gasteiger partial charge in [0.2, 0.25) is 5.91 Å². The summed E-state index contributed by atoms with van der Waals surface area (Å²) in [6, 6.07) is 16.0. The molecule has 0 unspecified atom stereocenters. The molecule has 2 heterocycles. The number of rotatable bonds is 3. The number of amides is 1. The molecule has 0 atom stereocenters. The summed E-state index contributed by atoms with van der Waals surface area (Å²) < 4.78 is 13.2. The summed E-state index contributed by atoms with van der Waals surface area (Å²) in [7, 11) is 0. The molecule has 130 valence electrons. The van der Waals surface area contributed by atoms with Crippen molar-refractivity contribution < 1.29 is 9.18 Å². The molecule has 5 heteroatoms. The van der Waals surface area contributed by atoms with Crippen molar-refractivity contribution in [2.24, 2.45) is 0 Å². The summed E-state index contributed by atoms with van der Waals surface area (Å²) >= 11 is 0. The van der Waals surface area contributed by atoms with Crippen LogP contribution in [-0.2, 0) is 17.8 Å². The van der Waals surface area contributed by atoms with E-state index in [2.05, 4.69) is 10.2 Å². The first kappa shape index (κ1) is 16.3. The molecule has 0 aliphatic carbocycles. The van der Waals surface area contributed by atoms with Gasteiger partial charge in [0.25, 0.3) is 0 Å². The molecule has 2 aromatic carbocycles. The molecule has 0 radical (unpaired) electrons. The number of hydrogen-bond donors (Lipinski definition) is 1. The summed E-state index contributed by atoms with van der Waals surface area (Å²) in [6.45, 7) is 1.15. The van der Waals surface area contributed by atoms with Crippen molar-refractivity contribution in [1.82, 2.24) is 15.1 Å². The molecule has 3 aromatic rings. The first-order chi connectivity index (χ1) is 12.7. The highest BCUT2D eigenvalue weighted by atomic mass is 19.1. The maximum absolute atomic E-state index is 13.2. The Labute approximate surface area is 151 Å². The lowest BCUT2D eigenvalue weighted by atomic mass is 10.0. The highest BCUT2D eigenvalue weighted by Gasteiger charge is 2.24. The van der Waals surface area contributed by atoms with E-state index < -0.39 is 0 Å². The van der Waals surface area contributed by atoms with E-state index in [1.165, 1.54) is 12.1 Å². The number of nitrogens with one attached hydrogen (secondary N) is 1. The quantitative estimate of drug-likeness (QED) is 0.733. The van der Waals surface area contributed by atoms with Gasteiger partial charge in [0, 0.05) is 42.4 Å². The molecule has 0 spiro atoms. The number of H-pyrrole nitrogens is 1. The highest BCUT2D eigenvalue weighted by Crippen LogP contribution is 2.28. The van der Waals surface area contributed by atoms with Crippen molar-refractivity contribution in [1.29, 1.82) is 0 Å². The lowest BCUT2D eigenvalue weighted by Gasteiger charge is -2.26. The molecule has 0 saturated carbocycles. The SMILES string of the molecule is O=C(C=Cc1ccccc1)N1CCc2[nH]nc(-c3ccc(F)cc3)c2C1. The van der Waals surface area contributed by atoms with Crippen LogP contribution in [0, 0.1) is 5.82 Å². The Bertz CT molecular complexity index is 945. The van der Waals surface area contributed by atoms with Crippen LogP contribution < -0.4 is 0 Å². The topological polar surface area (TPSA) is 49.0 Å². The van der Waals surface area contributed by atoms with Gasteiger partial charge in [-0.2, -0.15) is 5.10 Å². The molecule has 1 N–H and O–H groups in total. The number of benzene rings is 2. The lowest BCUT2D eigenvalue weighted by Crippen LogP contribution is -2.34. The van der Waals surface area contributed by atoms with Crippen molar-refractivity contribution in [3.63, 3.8) is 0 Å². The van der Waals surface area contributed by atoms with Crippen LogP contribution in [0.3, 0.4) is 0 Å². The van der Waals surface area contributed by atoms with E-state index in [4.69, 9.17) is 0 Å². The summed E-state index contributed by atoms with van der Waals surface area (Å²) in [6.07, 6.45) is 4.17. The second-order valence-electron chi connectivity index (χ2n) is 6.29. The number of aromatic amines is 1. The Morgan fingerprint density at radius 3 is 2.65 bits per heavy atom. The van der Waals surface area contributed by atoms with Gasteiger partial charge in [-0.1, -0.05) is 30.3 Å². The third-order valence-corrected chi connectivity index (χ3v) is 4.58. The van der Waals surface area contributed by atoms with E-state index in [0.717, 1.165) is 34.5 Å². The molecule has 1 aliphatic rings. The molecule has 4 rings (SSSR count). The van der Waals surface area contributed by atoms with E-state index in [9.17, 15) is 9.18 Å². The van der Waals surface area contributed by atoms with Crippen LogP contribution in [0.15, 0.2) is 60.7 Å². The number of halogens is 1. The van der Waals surface area contributed by atoms with Crippen LogP contribution in [0.4, 0.5) is 4.39 Å². The van der Waals surface area contributed by atoms with E-state index in [-0.39, 0.29) is 11.7 Å². The molecule has 1 aromatic heterocycles. The van der Waals surface area contributed by atoms with Gasteiger partial charge < -0.3 is 4.90 Å². The first-order valence-electron chi connectivity index (χ1n) is 8.55. The van der Waals surface area contributed by atoms with Crippen molar-refractivity contribution in [3.05, 3.63) is 83.3 Å². The minimum atomic E-state index is -0.277. The molecule has 26 heavy (non-hydrogen) atoms. The van der Waals surface area contributed by atoms with Crippen LogP contribution >= 0.6 is 0 Å². The zero-order chi connectivity index (χ0) is 17.9. The van der Waals surface area contributed by atoms with Gasteiger partial charge >= 0.3 is 0 Å². The number of carbonyl (C=O) groups is 1. The molecular formula is C21H18FN3O. The van der Waals surface area contributed by atoms with Gasteiger partial charge in [-0.15, -0.1) is 0 Å².